The summed E-state index contributed by atoms with van der Waals surface area (Å²) in [6, 6.07) is 4.88. The highest BCUT2D eigenvalue weighted by atomic mass is 16.5. The van der Waals surface area contributed by atoms with Crippen LogP contribution >= 0.6 is 0 Å². The molecule has 0 aliphatic rings. The molecular formula is C13H15NO3. The van der Waals surface area contributed by atoms with Crippen LogP contribution in [0.3, 0.4) is 0 Å². The van der Waals surface area contributed by atoms with Crippen LogP contribution in [0.1, 0.15) is 12.5 Å². The average molecular weight is 233 g/mol. The van der Waals surface area contributed by atoms with E-state index < -0.39 is 0 Å². The molecule has 0 aliphatic heterocycles. The normalized spacial score (nSPS) is 11.1. The molecule has 1 aromatic carbocycles. The van der Waals surface area contributed by atoms with Gasteiger partial charge in [0.15, 0.2) is 0 Å². The standard InChI is InChI=1S/C13H15NO3/c1-2-17-13(16)6-4-3-5-10-7-8-12(15)11(14)9-10/h3-9,15H,2,14H2,1H3/b5-3+,6-4+. The predicted octanol–water partition coefficient (Wildman–Crippen LogP) is 2.11. The molecule has 0 saturated carbocycles. The van der Waals surface area contributed by atoms with Crippen LogP contribution in [0, 0.1) is 0 Å². The van der Waals surface area contributed by atoms with E-state index >= 15 is 0 Å². The molecule has 4 nitrogen and oxygen atoms in total. The number of benzene rings is 1. The lowest BCUT2D eigenvalue weighted by atomic mass is 10.2. The number of phenolic OH excluding ortho intramolecular Hbond substituents is 1. The summed E-state index contributed by atoms with van der Waals surface area (Å²) in [6.45, 7) is 2.11. The Bertz CT molecular complexity index is 450. The minimum atomic E-state index is -0.373. The van der Waals surface area contributed by atoms with Crippen LogP contribution in [0.2, 0.25) is 0 Å². The minimum absolute atomic E-state index is 0.0595. The van der Waals surface area contributed by atoms with Gasteiger partial charge in [0.1, 0.15) is 5.75 Å². The van der Waals surface area contributed by atoms with E-state index in [1.165, 1.54) is 12.1 Å². The Morgan fingerprint density at radius 2 is 2.24 bits per heavy atom. The number of nitrogen functional groups attached to an aromatic ring is 1. The zero-order chi connectivity index (χ0) is 12.7. The number of ether oxygens (including phenoxy) is 1. The summed E-state index contributed by atoms with van der Waals surface area (Å²) in [4.78, 5) is 11.0. The highest BCUT2D eigenvalue weighted by molar-refractivity contribution is 5.82. The molecular weight excluding hydrogens is 218 g/mol. The maximum Gasteiger partial charge on any atom is 0.330 e. The summed E-state index contributed by atoms with van der Waals surface area (Å²) < 4.78 is 4.72. The van der Waals surface area contributed by atoms with Crippen molar-refractivity contribution in [1.82, 2.24) is 0 Å². The maximum atomic E-state index is 11.0. The van der Waals surface area contributed by atoms with E-state index in [1.807, 2.05) is 0 Å². The Hall–Kier alpha value is -2.23. The van der Waals surface area contributed by atoms with Crippen molar-refractivity contribution in [3.8, 4) is 5.75 Å². The van der Waals surface area contributed by atoms with Gasteiger partial charge in [-0.15, -0.1) is 0 Å². The molecule has 0 unspecified atom stereocenters. The first-order valence-electron chi connectivity index (χ1n) is 5.23. The van der Waals surface area contributed by atoms with Crippen molar-refractivity contribution in [3.63, 3.8) is 0 Å². The lowest BCUT2D eigenvalue weighted by molar-refractivity contribution is -0.137. The Morgan fingerprint density at radius 3 is 2.88 bits per heavy atom. The largest absolute Gasteiger partial charge is 0.506 e. The van der Waals surface area contributed by atoms with E-state index in [9.17, 15) is 9.90 Å². The van der Waals surface area contributed by atoms with Gasteiger partial charge in [0.2, 0.25) is 0 Å². The number of anilines is 1. The van der Waals surface area contributed by atoms with E-state index in [-0.39, 0.29) is 11.7 Å². The zero-order valence-electron chi connectivity index (χ0n) is 9.59. The summed E-state index contributed by atoms with van der Waals surface area (Å²) in [5.74, 6) is -0.313. The molecule has 0 atom stereocenters. The Morgan fingerprint density at radius 1 is 1.47 bits per heavy atom. The van der Waals surface area contributed by atoms with Crippen LogP contribution in [-0.4, -0.2) is 17.7 Å². The number of hydrogen-bond acceptors (Lipinski definition) is 4. The SMILES string of the molecule is CCOC(=O)/C=C/C=C/c1ccc(O)c(N)c1. The van der Waals surface area contributed by atoms with Crippen molar-refractivity contribution >= 4 is 17.7 Å². The van der Waals surface area contributed by atoms with Gasteiger partial charge >= 0.3 is 5.97 Å². The van der Waals surface area contributed by atoms with Crippen LogP contribution in [-0.2, 0) is 9.53 Å². The average Bonchev–Trinajstić information content (AvgIpc) is 2.29. The van der Waals surface area contributed by atoms with Crippen molar-refractivity contribution < 1.29 is 14.6 Å². The maximum absolute atomic E-state index is 11.0. The van der Waals surface area contributed by atoms with Gasteiger partial charge in [0.25, 0.3) is 0 Å². The summed E-state index contributed by atoms with van der Waals surface area (Å²) in [5, 5.41) is 9.22. The van der Waals surface area contributed by atoms with Crippen molar-refractivity contribution in [3.05, 3.63) is 42.0 Å². The fourth-order valence-corrected chi connectivity index (χ4v) is 1.17. The molecule has 17 heavy (non-hydrogen) atoms. The lowest BCUT2D eigenvalue weighted by Gasteiger charge is -1.98. The molecule has 0 saturated heterocycles. The van der Waals surface area contributed by atoms with Gasteiger partial charge in [0.05, 0.1) is 12.3 Å². The molecule has 1 aromatic rings. The number of esters is 1. The second-order valence-electron chi connectivity index (χ2n) is 3.29. The minimum Gasteiger partial charge on any atom is -0.506 e. The third-order valence-corrected chi connectivity index (χ3v) is 1.97. The van der Waals surface area contributed by atoms with Gasteiger partial charge in [-0.25, -0.2) is 4.79 Å². The fraction of sp³-hybridized carbons (Fsp3) is 0.154. The zero-order valence-corrected chi connectivity index (χ0v) is 9.59. The molecule has 4 heteroatoms. The lowest BCUT2D eigenvalue weighted by Crippen LogP contribution is -1.98. The predicted molar refractivity (Wildman–Crippen MR) is 67.3 cm³/mol. The topological polar surface area (TPSA) is 72.5 Å². The van der Waals surface area contributed by atoms with Gasteiger partial charge in [0, 0.05) is 6.08 Å². The first-order valence-corrected chi connectivity index (χ1v) is 5.23. The summed E-state index contributed by atoms with van der Waals surface area (Å²) in [6.07, 6.45) is 6.39. The quantitative estimate of drug-likeness (QED) is 0.274. The van der Waals surface area contributed by atoms with Crippen LogP contribution in [0.5, 0.6) is 5.75 Å². The highest BCUT2D eigenvalue weighted by Crippen LogP contribution is 2.20. The summed E-state index contributed by atoms with van der Waals surface area (Å²) in [7, 11) is 0. The summed E-state index contributed by atoms with van der Waals surface area (Å²) >= 11 is 0. The molecule has 0 fully saturated rings. The van der Waals surface area contributed by atoms with Crippen molar-refractivity contribution in [2.24, 2.45) is 0 Å². The van der Waals surface area contributed by atoms with Crippen molar-refractivity contribution in [2.75, 3.05) is 12.3 Å². The third-order valence-electron chi connectivity index (χ3n) is 1.97. The van der Waals surface area contributed by atoms with Crippen LogP contribution in [0.25, 0.3) is 6.08 Å². The first kappa shape index (κ1) is 12.8. The molecule has 0 spiro atoms. The molecule has 0 aromatic heterocycles. The van der Waals surface area contributed by atoms with Gasteiger partial charge < -0.3 is 15.6 Å². The molecule has 0 amide bonds. The number of hydrogen-bond donors (Lipinski definition) is 2. The fourth-order valence-electron chi connectivity index (χ4n) is 1.17. The second kappa shape index (κ2) is 6.37. The Labute approximate surface area is 100 Å². The number of carbonyl (C=O) groups is 1. The van der Waals surface area contributed by atoms with Crippen molar-refractivity contribution in [2.45, 2.75) is 6.92 Å². The number of aromatic hydroxyl groups is 1. The third kappa shape index (κ3) is 4.42. The molecule has 0 bridgehead atoms. The van der Waals surface area contributed by atoms with Gasteiger partial charge in [-0.1, -0.05) is 24.3 Å². The molecule has 90 valence electrons. The van der Waals surface area contributed by atoms with Gasteiger partial charge in [-0.3, -0.25) is 0 Å². The first-order chi connectivity index (χ1) is 8.13. The Kier molecular flexibility index (Phi) is 4.81. The van der Waals surface area contributed by atoms with E-state index in [2.05, 4.69) is 0 Å². The Balaban J connectivity index is 2.59. The van der Waals surface area contributed by atoms with Crippen LogP contribution in [0.15, 0.2) is 36.4 Å². The van der Waals surface area contributed by atoms with E-state index in [0.717, 1.165) is 5.56 Å². The smallest absolute Gasteiger partial charge is 0.330 e. The van der Waals surface area contributed by atoms with Crippen LogP contribution < -0.4 is 5.73 Å². The number of rotatable bonds is 4. The van der Waals surface area contributed by atoms with E-state index in [4.69, 9.17) is 10.5 Å². The van der Waals surface area contributed by atoms with Crippen molar-refractivity contribution in [1.29, 1.82) is 0 Å². The van der Waals surface area contributed by atoms with Gasteiger partial charge in [-0.2, -0.15) is 0 Å². The summed E-state index contributed by atoms with van der Waals surface area (Å²) in [5.41, 5.74) is 6.70. The molecule has 0 heterocycles. The molecule has 0 radical (unpaired) electrons. The number of nitrogens with two attached hydrogens (primary N) is 1. The number of carbonyl (C=O) groups excluding carboxylic acids is 1. The van der Waals surface area contributed by atoms with Gasteiger partial charge in [-0.05, 0) is 24.6 Å². The van der Waals surface area contributed by atoms with E-state index in [1.54, 1.807) is 37.3 Å². The molecule has 0 aliphatic carbocycles. The molecule has 3 N–H and O–H groups in total. The number of allylic oxidation sites excluding steroid dienone is 2. The van der Waals surface area contributed by atoms with Crippen LogP contribution in [0.4, 0.5) is 5.69 Å². The number of phenols is 1. The highest BCUT2D eigenvalue weighted by Gasteiger charge is 1.95. The second-order valence-corrected chi connectivity index (χ2v) is 3.29. The monoisotopic (exact) mass is 233 g/mol. The molecule has 1 rings (SSSR count). The van der Waals surface area contributed by atoms with E-state index in [0.29, 0.717) is 12.3 Å².